The standard InChI is InChI=1S/C18H34N4O4S/c1-22(15-5-3-6-15)18(24)16(19)13-7-9-14(10-8-13)17(23)20-11-4-12-21-27(2,25)26/h13-16,21H,3-12,19H2,1-2H3,(H,20,23)/t13?,14?,16-/m0/s1. The molecule has 156 valence electrons. The van der Waals surface area contributed by atoms with Crippen molar-refractivity contribution in [3.8, 4) is 0 Å². The van der Waals surface area contributed by atoms with Crippen molar-refractivity contribution in [2.75, 3.05) is 26.4 Å². The molecular formula is C18H34N4O4S. The Labute approximate surface area is 162 Å². The molecule has 2 aliphatic carbocycles. The maximum absolute atomic E-state index is 12.5. The monoisotopic (exact) mass is 402 g/mol. The van der Waals surface area contributed by atoms with Gasteiger partial charge in [-0.05, 0) is 57.3 Å². The third-order valence-electron chi connectivity index (χ3n) is 5.92. The molecule has 0 heterocycles. The molecule has 4 N–H and O–H groups in total. The molecule has 27 heavy (non-hydrogen) atoms. The van der Waals surface area contributed by atoms with E-state index in [1.807, 2.05) is 11.9 Å². The zero-order chi connectivity index (χ0) is 20.0. The van der Waals surface area contributed by atoms with E-state index in [4.69, 9.17) is 5.73 Å². The normalized spacial score (nSPS) is 24.7. The van der Waals surface area contributed by atoms with Crippen LogP contribution in [0.4, 0.5) is 0 Å². The zero-order valence-electron chi connectivity index (χ0n) is 16.4. The van der Waals surface area contributed by atoms with Crippen molar-refractivity contribution in [3.63, 3.8) is 0 Å². The van der Waals surface area contributed by atoms with Crippen LogP contribution in [0.3, 0.4) is 0 Å². The second-order valence-electron chi connectivity index (χ2n) is 7.98. The van der Waals surface area contributed by atoms with Crippen molar-refractivity contribution < 1.29 is 18.0 Å². The molecule has 0 aliphatic heterocycles. The van der Waals surface area contributed by atoms with Gasteiger partial charge in [0.2, 0.25) is 21.8 Å². The molecule has 2 saturated carbocycles. The number of nitrogens with zero attached hydrogens (tertiary/aromatic N) is 1. The summed E-state index contributed by atoms with van der Waals surface area (Å²) in [7, 11) is -1.33. The van der Waals surface area contributed by atoms with Crippen LogP contribution in [-0.4, -0.2) is 63.6 Å². The van der Waals surface area contributed by atoms with E-state index in [9.17, 15) is 18.0 Å². The molecule has 0 spiro atoms. The van der Waals surface area contributed by atoms with Gasteiger partial charge in [0.25, 0.3) is 0 Å². The Morgan fingerprint density at radius 3 is 2.26 bits per heavy atom. The molecule has 0 saturated heterocycles. The minimum atomic E-state index is -3.18. The van der Waals surface area contributed by atoms with Crippen molar-refractivity contribution in [3.05, 3.63) is 0 Å². The number of nitrogens with two attached hydrogens (primary N) is 1. The maximum atomic E-state index is 12.5. The van der Waals surface area contributed by atoms with Crippen LogP contribution in [0.15, 0.2) is 0 Å². The van der Waals surface area contributed by atoms with Crippen molar-refractivity contribution in [1.29, 1.82) is 0 Å². The van der Waals surface area contributed by atoms with E-state index in [1.165, 1.54) is 6.42 Å². The zero-order valence-corrected chi connectivity index (χ0v) is 17.3. The number of carbonyl (C=O) groups excluding carboxylic acids is 2. The van der Waals surface area contributed by atoms with Gasteiger partial charge in [0.1, 0.15) is 0 Å². The molecule has 0 aromatic rings. The predicted molar refractivity (Wildman–Crippen MR) is 104 cm³/mol. The first-order valence-electron chi connectivity index (χ1n) is 9.93. The first-order chi connectivity index (χ1) is 12.7. The van der Waals surface area contributed by atoms with Gasteiger partial charge >= 0.3 is 0 Å². The summed E-state index contributed by atoms with van der Waals surface area (Å²) in [6, 6.07) is -0.121. The van der Waals surface area contributed by atoms with Crippen LogP contribution in [0.25, 0.3) is 0 Å². The summed E-state index contributed by atoms with van der Waals surface area (Å²) < 4.78 is 24.3. The molecule has 8 nitrogen and oxygen atoms in total. The molecule has 1 atom stereocenters. The van der Waals surface area contributed by atoms with E-state index in [0.717, 1.165) is 44.8 Å². The maximum Gasteiger partial charge on any atom is 0.239 e. The van der Waals surface area contributed by atoms with Crippen LogP contribution >= 0.6 is 0 Å². The van der Waals surface area contributed by atoms with E-state index in [1.54, 1.807) is 0 Å². The number of nitrogens with one attached hydrogen (secondary N) is 2. The highest BCUT2D eigenvalue weighted by molar-refractivity contribution is 7.88. The Hall–Kier alpha value is -1.19. The molecule has 9 heteroatoms. The second kappa shape index (κ2) is 9.84. The average Bonchev–Trinajstić information content (AvgIpc) is 2.57. The number of sulfonamides is 1. The van der Waals surface area contributed by atoms with Crippen LogP contribution in [0.1, 0.15) is 51.4 Å². The lowest BCUT2D eigenvalue weighted by atomic mass is 9.77. The van der Waals surface area contributed by atoms with Gasteiger partial charge in [-0.15, -0.1) is 0 Å². The molecule has 0 unspecified atom stereocenters. The topological polar surface area (TPSA) is 122 Å². The Kier molecular flexibility index (Phi) is 8.05. The first-order valence-corrected chi connectivity index (χ1v) is 11.8. The number of hydrogen-bond acceptors (Lipinski definition) is 5. The lowest BCUT2D eigenvalue weighted by Gasteiger charge is -2.38. The summed E-state index contributed by atoms with van der Waals surface area (Å²) in [5.74, 6) is 0.143. The van der Waals surface area contributed by atoms with Crippen LogP contribution in [0.2, 0.25) is 0 Å². The highest BCUT2D eigenvalue weighted by atomic mass is 32.2. The largest absolute Gasteiger partial charge is 0.356 e. The Balaban J connectivity index is 1.66. The summed E-state index contributed by atoms with van der Waals surface area (Å²) in [6.07, 6.45) is 8.06. The minimum Gasteiger partial charge on any atom is -0.356 e. The molecule has 2 rings (SSSR count). The van der Waals surface area contributed by atoms with Crippen LogP contribution in [0, 0.1) is 11.8 Å². The van der Waals surface area contributed by atoms with Gasteiger partial charge in [-0.2, -0.15) is 0 Å². The Morgan fingerprint density at radius 2 is 1.74 bits per heavy atom. The van der Waals surface area contributed by atoms with E-state index in [0.29, 0.717) is 25.6 Å². The number of likely N-dealkylation sites (N-methyl/N-ethyl adjacent to an activating group) is 1. The number of hydrogen-bond donors (Lipinski definition) is 3. The predicted octanol–water partition coefficient (Wildman–Crippen LogP) is 0.187. The second-order valence-corrected chi connectivity index (χ2v) is 9.82. The van der Waals surface area contributed by atoms with Crippen molar-refractivity contribution >= 4 is 21.8 Å². The number of amides is 2. The molecule has 2 aliphatic rings. The fourth-order valence-corrected chi connectivity index (χ4v) is 4.35. The molecule has 0 aromatic heterocycles. The van der Waals surface area contributed by atoms with E-state index in [-0.39, 0.29) is 23.7 Å². The number of rotatable bonds is 9. The van der Waals surface area contributed by atoms with Gasteiger partial charge < -0.3 is 16.0 Å². The number of carbonyl (C=O) groups is 2. The molecule has 0 radical (unpaired) electrons. The van der Waals surface area contributed by atoms with Gasteiger partial charge in [0, 0.05) is 32.1 Å². The van der Waals surface area contributed by atoms with E-state index in [2.05, 4.69) is 10.0 Å². The van der Waals surface area contributed by atoms with Gasteiger partial charge in [0.15, 0.2) is 0 Å². The Bertz CT molecular complexity index is 613. The molecule has 2 amide bonds. The summed E-state index contributed by atoms with van der Waals surface area (Å²) in [5.41, 5.74) is 6.23. The van der Waals surface area contributed by atoms with Crippen molar-refractivity contribution in [1.82, 2.24) is 14.9 Å². The summed E-state index contributed by atoms with van der Waals surface area (Å²) >= 11 is 0. The lowest BCUT2D eigenvalue weighted by Crippen LogP contribution is -2.52. The van der Waals surface area contributed by atoms with E-state index >= 15 is 0 Å². The van der Waals surface area contributed by atoms with Gasteiger partial charge in [-0.1, -0.05) is 0 Å². The average molecular weight is 403 g/mol. The molecule has 0 bridgehead atoms. The third-order valence-corrected chi connectivity index (χ3v) is 6.65. The highest BCUT2D eigenvalue weighted by Crippen LogP contribution is 2.32. The smallest absolute Gasteiger partial charge is 0.239 e. The Morgan fingerprint density at radius 1 is 1.11 bits per heavy atom. The fourth-order valence-electron chi connectivity index (χ4n) is 3.83. The van der Waals surface area contributed by atoms with Crippen molar-refractivity contribution in [2.45, 2.75) is 63.5 Å². The van der Waals surface area contributed by atoms with Gasteiger partial charge in [-0.3, -0.25) is 9.59 Å². The van der Waals surface area contributed by atoms with Gasteiger partial charge in [-0.25, -0.2) is 13.1 Å². The van der Waals surface area contributed by atoms with E-state index < -0.39 is 16.1 Å². The lowest BCUT2D eigenvalue weighted by molar-refractivity contribution is -0.136. The quantitative estimate of drug-likeness (QED) is 0.475. The SMILES string of the molecule is CN(C(=O)[C@@H](N)C1CCC(C(=O)NCCCNS(C)(=O)=O)CC1)C1CCC1. The summed E-state index contributed by atoms with van der Waals surface area (Å²) in [4.78, 5) is 26.6. The fraction of sp³-hybridized carbons (Fsp3) is 0.889. The summed E-state index contributed by atoms with van der Waals surface area (Å²) in [5, 5.41) is 2.87. The molecular weight excluding hydrogens is 368 g/mol. The van der Waals surface area contributed by atoms with Crippen molar-refractivity contribution in [2.24, 2.45) is 17.6 Å². The summed E-state index contributed by atoms with van der Waals surface area (Å²) in [6.45, 7) is 0.767. The van der Waals surface area contributed by atoms with Crippen LogP contribution in [0.5, 0.6) is 0 Å². The molecule has 2 fully saturated rings. The third kappa shape index (κ3) is 6.73. The minimum absolute atomic E-state index is 0.0132. The van der Waals surface area contributed by atoms with Crippen LogP contribution < -0.4 is 15.8 Å². The first kappa shape index (κ1) is 22.1. The van der Waals surface area contributed by atoms with Crippen LogP contribution in [-0.2, 0) is 19.6 Å². The molecule has 0 aromatic carbocycles. The van der Waals surface area contributed by atoms with Gasteiger partial charge in [0.05, 0.1) is 12.3 Å². The highest BCUT2D eigenvalue weighted by Gasteiger charge is 2.35.